The summed E-state index contributed by atoms with van der Waals surface area (Å²) in [7, 11) is -2.57. The molecule has 4 rings (SSSR count). The molecule has 1 saturated carbocycles. The van der Waals surface area contributed by atoms with Gasteiger partial charge in [-0.3, -0.25) is 8.96 Å². The number of primary sulfonamides is 1. The van der Waals surface area contributed by atoms with Gasteiger partial charge in [-0.25, -0.2) is 27.9 Å². The van der Waals surface area contributed by atoms with Crippen LogP contribution in [0.25, 0.3) is 16.2 Å². The molecule has 0 unspecified atom stereocenters. The normalized spacial score (nSPS) is 15.7. The minimum absolute atomic E-state index is 0.158. The molecule has 1 fully saturated rings. The average Bonchev–Trinajstić information content (AvgIpc) is 3.30. The van der Waals surface area contributed by atoms with Crippen LogP contribution in [0, 0.1) is 6.92 Å². The van der Waals surface area contributed by atoms with E-state index in [0.717, 1.165) is 11.5 Å². The predicted octanol–water partition coefficient (Wildman–Crippen LogP) is 1.64. The first kappa shape index (κ1) is 21.1. The molecule has 0 amide bonds. The Morgan fingerprint density at radius 3 is 2.63 bits per heavy atom. The molecular formula is C18H22FN5O4S2. The maximum Gasteiger partial charge on any atom is 0.335 e. The highest BCUT2D eigenvalue weighted by atomic mass is 32.2. The average molecular weight is 456 g/mol. The van der Waals surface area contributed by atoms with Gasteiger partial charge in [-0.2, -0.15) is 4.37 Å². The SMILES string of the molecule is COCCCn1c(=O)n(-c2nc(C)ns2)c2c(C3(CF)CC3)c(S(N)(=O)=O)ccc21. The van der Waals surface area contributed by atoms with Gasteiger partial charge >= 0.3 is 5.69 Å². The zero-order chi connectivity index (χ0) is 21.7. The highest BCUT2D eigenvalue weighted by Gasteiger charge is 2.49. The predicted molar refractivity (Wildman–Crippen MR) is 110 cm³/mol. The van der Waals surface area contributed by atoms with Gasteiger partial charge in [0.25, 0.3) is 0 Å². The number of nitrogens with zero attached hydrogens (tertiary/aromatic N) is 4. The van der Waals surface area contributed by atoms with Crippen LogP contribution in [0.2, 0.25) is 0 Å². The van der Waals surface area contributed by atoms with E-state index in [2.05, 4.69) is 9.36 Å². The van der Waals surface area contributed by atoms with Crippen LogP contribution in [-0.4, -0.2) is 47.3 Å². The molecule has 9 nitrogen and oxygen atoms in total. The number of nitrogens with two attached hydrogens (primary N) is 1. The second-order valence-electron chi connectivity index (χ2n) is 7.51. The Kier molecular flexibility index (Phi) is 5.29. The van der Waals surface area contributed by atoms with E-state index >= 15 is 0 Å². The van der Waals surface area contributed by atoms with Gasteiger partial charge in [-0.1, -0.05) is 0 Å². The number of halogens is 1. The molecule has 0 aliphatic heterocycles. The number of aromatic nitrogens is 4. The van der Waals surface area contributed by atoms with Crippen LogP contribution >= 0.6 is 11.5 Å². The third kappa shape index (κ3) is 3.37. The van der Waals surface area contributed by atoms with E-state index < -0.39 is 22.1 Å². The molecule has 0 atom stereocenters. The lowest BCUT2D eigenvalue weighted by atomic mass is 9.95. The quantitative estimate of drug-likeness (QED) is 0.515. The monoisotopic (exact) mass is 455 g/mol. The van der Waals surface area contributed by atoms with Crippen molar-refractivity contribution in [1.29, 1.82) is 0 Å². The van der Waals surface area contributed by atoms with Crippen LogP contribution in [0.5, 0.6) is 0 Å². The molecule has 0 saturated heterocycles. The highest BCUT2D eigenvalue weighted by molar-refractivity contribution is 7.89. The summed E-state index contributed by atoms with van der Waals surface area (Å²) in [6, 6.07) is 2.91. The van der Waals surface area contributed by atoms with Crippen LogP contribution in [-0.2, 0) is 26.7 Å². The fourth-order valence-corrected chi connectivity index (χ4v) is 5.35. The van der Waals surface area contributed by atoms with Gasteiger partial charge in [-0.05, 0) is 38.3 Å². The molecule has 1 aliphatic rings. The second-order valence-corrected chi connectivity index (χ2v) is 9.77. The largest absolute Gasteiger partial charge is 0.385 e. The van der Waals surface area contributed by atoms with E-state index in [0.29, 0.717) is 54.4 Å². The molecule has 1 aromatic carbocycles. The highest BCUT2D eigenvalue weighted by Crippen LogP contribution is 2.52. The van der Waals surface area contributed by atoms with Crippen molar-refractivity contribution >= 4 is 32.6 Å². The van der Waals surface area contributed by atoms with Gasteiger partial charge in [0.1, 0.15) is 5.82 Å². The molecule has 2 N–H and O–H groups in total. The second kappa shape index (κ2) is 7.52. The number of aryl methyl sites for hydroxylation is 2. The van der Waals surface area contributed by atoms with Crippen LogP contribution < -0.4 is 10.8 Å². The van der Waals surface area contributed by atoms with Gasteiger partial charge in [0.2, 0.25) is 15.2 Å². The lowest BCUT2D eigenvalue weighted by Gasteiger charge is -2.18. The Hall–Kier alpha value is -2.15. The van der Waals surface area contributed by atoms with Crippen molar-refractivity contribution in [3.63, 3.8) is 0 Å². The first-order valence-electron chi connectivity index (χ1n) is 9.40. The number of ether oxygens (including phenoxy) is 1. The van der Waals surface area contributed by atoms with Gasteiger partial charge in [0.05, 0.1) is 22.6 Å². The molecule has 0 spiro atoms. The number of alkyl halides is 1. The molecule has 0 bridgehead atoms. The molecule has 12 heteroatoms. The zero-order valence-corrected chi connectivity index (χ0v) is 18.2. The lowest BCUT2D eigenvalue weighted by molar-refractivity contribution is 0.190. The molecule has 30 heavy (non-hydrogen) atoms. The number of hydrogen-bond donors (Lipinski definition) is 1. The molecular weight excluding hydrogens is 433 g/mol. The summed E-state index contributed by atoms with van der Waals surface area (Å²) >= 11 is 1.02. The number of imidazole rings is 1. The first-order chi connectivity index (χ1) is 14.2. The smallest absolute Gasteiger partial charge is 0.335 e. The van der Waals surface area contributed by atoms with Crippen molar-refractivity contribution in [2.45, 2.75) is 43.0 Å². The van der Waals surface area contributed by atoms with Gasteiger partial charge < -0.3 is 4.74 Å². The number of hydrogen-bond acceptors (Lipinski definition) is 7. The standard InChI is InChI=1S/C18H22FN5O4S2/c1-11-21-16(29-22-11)24-15-12(23(17(24)25)8-3-9-28-2)4-5-13(30(20,26)27)14(15)18(10-19)6-7-18/h4-5H,3,6-10H2,1-2H3,(H2,20,26,27). The van der Waals surface area contributed by atoms with E-state index in [4.69, 9.17) is 9.88 Å². The molecule has 2 aromatic heterocycles. The summed E-state index contributed by atoms with van der Waals surface area (Å²) in [5.41, 5.74) is -0.282. The van der Waals surface area contributed by atoms with Crippen molar-refractivity contribution in [3.05, 3.63) is 34.0 Å². The maximum atomic E-state index is 14.1. The van der Waals surface area contributed by atoms with Gasteiger partial charge in [-0.15, -0.1) is 0 Å². The van der Waals surface area contributed by atoms with Crippen molar-refractivity contribution < 1.29 is 17.5 Å². The third-order valence-electron chi connectivity index (χ3n) is 5.44. The Balaban J connectivity index is 2.12. The van der Waals surface area contributed by atoms with Crippen molar-refractivity contribution in [3.8, 4) is 5.13 Å². The minimum Gasteiger partial charge on any atom is -0.385 e. The molecule has 0 radical (unpaired) electrons. The van der Waals surface area contributed by atoms with Crippen LogP contribution in [0.15, 0.2) is 21.8 Å². The molecule has 162 valence electrons. The number of rotatable bonds is 8. The number of benzene rings is 1. The summed E-state index contributed by atoms with van der Waals surface area (Å²) in [6.07, 6.45) is 1.53. The lowest BCUT2D eigenvalue weighted by Crippen LogP contribution is -2.24. The maximum absolute atomic E-state index is 14.1. The summed E-state index contributed by atoms with van der Waals surface area (Å²) < 4.78 is 51.0. The van der Waals surface area contributed by atoms with Crippen molar-refractivity contribution in [2.75, 3.05) is 20.4 Å². The fourth-order valence-electron chi connectivity index (χ4n) is 3.81. The van der Waals surface area contributed by atoms with E-state index in [1.807, 2.05) is 0 Å². The minimum atomic E-state index is -4.14. The molecule has 3 aromatic rings. The Bertz CT molecular complexity index is 1270. The Morgan fingerprint density at radius 2 is 2.10 bits per heavy atom. The van der Waals surface area contributed by atoms with Gasteiger partial charge in [0, 0.05) is 42.8 Å². The zero-order valence-electron chi connectivity index (χ0n) is 16.6. The van der Waals surface area contributed by atoms with Crippen LogP contribution in [0.4, 0.5) is 4.39 Å². The van der Waals surface area contributed by atoms with Gasteiger partial charge in [0.15, 0.2) is 0 Å². The summed E-state index contributed by atoms with van der Waals surface area (Å²) in [4.78, 5) is 17.6. The van der Waals surface area contributed by atoms with E-state index in [1.165, 1.54) is 15.2 Å². The fraction of sp³-hybridized carbons (Fsp3) is 0.500. The Labute approximate surface area is 176 Å². The topological polar surface area (TPSA) is 122 Å². The van der Waals surface area contributed by atoms with E-state index in [-0.39, 0.29) is 16.1 Å². The summed E-state index contributed by atoms with van der Waals surface area (Å²) in [6.45, 7) is 1.76. The van der Waals surface area contributed by atoms with E-state index in [1.54, 1.807) is 20.1 Å². The number of sulfonamides is 1. The van der Waals surface area contributed by atoms with Crippen LogP contribution in [0.3, 0.4) is 0 Å². The molecule has 2 heterocycles. The van der Waals surface area contributed by atoms with Crippen molar-refractivity contribution in [1.82, 2.24) is 18.5 Å². The summed E-state index contributed by atoms with van der Waals surface area (Å²) in [5.74, 6) is 0.484. The number of methoxy groups -OCH3 is 1. The molecule has 1 aliphatic carbocycles. The van der Waals surface area contributed by atoms with E-state index in [9.17, 15) is 17.6 Å². The first-order valence-corrected chi connectivity index (χ1v) is 11.7. The van der Waals surface area contributed by atoms with Crippen LogP contribution in [0.1, 0.15) is 30.7 Å². The third-order valence-corrected chi connectivity index (χ3v) is 7.19. The Morgan fingerprint density at radius 1 is 1.37 bits per heavy atom. The summed E-state index contributed by atoms with van der Waals surface area (Å²) in [5, 5.41) is 5.78. The van der Waals surface area contributed by atoms with Crippen molar-refractivity contribution in [2.24, 2.45) is 5.14 Å². The number of fused-ring (bicyclic) bond motifs is 1.